The molecule has 34 heavy (non-hydrogen) atoms. The number of fused-ring (bicyclic) bond motifs is 1. The maximum Gasteiger partial charge on any atom is 0.257 e. The van der Waals surface area contributed by atoms with Crippen LogP contribution in [0.4, 0.5) is 5.69 Å². The Morgan fingerprint density at radius 1 is 0.971 bits per heavy atom. The summed E-state index contributed by atoms with van der Waals surface area (Å²) in [4.78, 5) is 27.3. The van der Waals surface area contributed by atoms with E-state index in [1.54, 1.807) is 12.1 Å². The molecule has 2 N–H and O–H groups in total. The Labute approximate surface area is 201 Å². The van der Waals surface area contributed by atoms with Crippen molar-refractivity contribution in [2.24, 2.45) is 5.92 Å². The summed E-state index contributed by atoms with van der Waals surface area (Å²) in [5.74, 6) is -0.905. The number of carbonyl (C=O) groups excluding carboxylic acids is 2. The summed E-state index contributed by atoms with van der Waals surface area (Å²) in [6.45, 7) is 5.34. The Bertz CT molecular complexity index is 1170. The van der Waals surface area contributed by atoms with Crippen molar-refractivity contribution in [3.63, 3.8) is 0 Å². The zero-order valence-corrected chi connectivity index (χ0v) is 20.5. The summed E-state index contributed by atoms with van der Waals surface area (Å²) in [5.41, 5.74) is 9.32. The van der Waals surface area contributed by atoms with E-state index in [9.17, 15) is 18.0 Å². The topological polar surface area (TPSA) is 98.8 Å². The molecule has 4 rings (SSSR count). The molecule has 0 bridgehead atoms. The maximum absolute atomic E-state index is 13.0. The van der Waals surface area contributed by atoms with Crippen molar-refractivity contribution in [2.45, 2.75) is 44.4 Å². The van der Waals surface area contributed by atoms with E-state index >= 15 is 0 Å². The van der Waals surface area contributed by atoms with E-state index in [4.69, 9.17) is 0 Å². The number of hydrogen-bond acceptors (Lipinski definition) is 5. The van der Waals surface area contributed by atoms with Gasteiger partial charge in [-0.25, -0.2) is 8.42 Å². The van der Waals surface area contributed by atoms with Crippen molar-refractivity contribution < 1.29 is 18.0 Å². The van der Waals surface area contributed by atoms with Crippen molar-refractivity contribution in [1.29, 1.82) is 0 Å². The summed E-state index contributed by atoms with van der Waals surface area (Å²) >= 11 is 0. The number of rotatable bonds is 5. The quantitative estimate of drug-likeness (QED) is 0.635. The standard InChI is InChI=1S/C25H32N4O4S/c1-18-9-10-22(16-19(18)2)34(32,33)29-14-11-21(12-15-29)25(31)27-26-24(30)17-28-13-5-7-20-6-3-4-8-23(20)28/h3-4,6,8-10,16,21H,5,7,11-15,17H2,1-2H3,(H,26,30)(H,27,31). The molecule has 2 heterocycles. The number of nitrogens with zero attached hydrogens (tertiary/aromatic N) is 2. The van der Waals surface area contributed by atoms with Gasteiger partial charge in [-0.1, -0.05) is 24.3 Å². The average molecular weight is 485 g/mol. The van der Waals surface area contributed by atoms with Gasteiger partial charge < -0.3 is 4.90 Å². The molecule has 182 valence electrons. The highest BCUT2D eigenvalue weighted by atomic mass is 32.2. The third-order valence-corrected chi connectivity index (χ3v) is 8.70. The number of piperidine rings is 1. The number of sulfonamides is 1. The predicted octanol–water partition coefficient (Wildman–Crippen LogP) is 2.30. The molecular formula is C25H32N4O4S. The number of para-hydroxylation sites is 1. The third kappa shape index (κ3) is 5.26. The van der Waals surface area contributed by atoms with Gasteiger partial charge >= 0.3 is 0 Å². The highest BCUT2D eigenvalue weighted by molar-refractivity contribution is 7.89. The number of hydrogen-bond donors (Lipinski definition) is 2. The van der Waals surface area contributed by atoms with Crippen molar-refractivity contribution in [3.05, 3.63) is 59.2 Å². The van der Waals surface area contributed by atoms with E-state index < -0.39 is 10.0 Å². The molecule has 0 spiro atoms. The second-order valence-corrected chi connectivity index (χ2v) is 11.1. The first-order chi connectivity index (χ1) is 16.3. The summed E-state index contributed by atoms with van der Waals surface area (Å²) in [7, 11) is -3.59. The molecule has 2 aliphatic rings. The van der Waals surface area contributed by atoms with Gasteiger partial charge in [-0.2, -0.15) is 4.31 Å². The lowest BCUT2D eigenvalue weighted by Crippen LogP contribution is -2.50. The van der Waals surface area contributed by atoms with E-state index in [2.05, 4.69) is 16.9 Å². The van der Waals surface area contributed by atoms with Crippen LogP contribution >= 0.6 is 0 Å². The first-order valence-electron chi connectivity index (χ1n) is 11.7. The lowest BCUT2D eigenvalue weighted by Gasteiger charge is -2.31. The predicted molar refractivity (Wildman–Crippen MR) is 131 cm³/mol. The molecule has 1 fully saturated rings. The minimum Gasteiger partial charge on any atom is -0.362 e. The first-order valence-corrected chi connectivity index (χ1v) is 13.2. The molecule has 0 aromatic heterocycles. The van der Waals surface area contributed by atoms with Crippen LogP contribution in [-0.4, -0.2) is 50.7 Å². The molecule has 8 nitrogen and oxygen atoms in total. The zero-order chi connectivity index (χ0) is 24.3. The van der Waals surface area contributed by atoms with E-state index in [0.29, 0.717) is 12.8 Å². The summed E-state index contributed by atoms with van der Waals surface area (Å²) in [6, 6.07) is 13.2. The molecule has 0 saturated carbocycles. The Kier molecular flexibility index (Phi) is 7.23. The van der Waals surface area contributed by atoms with Crippen LogP contribution in [0.3, 0.4) is 0 Å². The van der Waals surface area contributed by atoms with Crippen LogP contribution in [0.1, 0.15) is 36.0 Å². The molecular weight excluding hydrogens is 452 g/mol. The molecule has 2 amide bonds. The number of nitrogens with one attached hydrogen (secondary N) is 2. The molecule has 2 aliphatic heterocycles. The Hall–Kier alpha value is -2.91. The van der Waals surface area contributed by atoms with Crippen molar-refractivity contribution in [1.82, 2.24) is 15.2 Å². The fourth-order valence-corrected chi connectivity index (χ4v) is 6.16. The van der Waals surface area contributed by atoms with Gasteiger partial charge in [0.25, 0.3) is 5.91 Å². The van der Waals surface area contributed by atoms with Gasteiger partial charge in [0.05, 0.1) is 11.4 Å². The molecule has 0 radical (unpaired) electrons. The molecule has 2 aromatic rings. The second-order valence-electron chi connectivity index (χ2n) is 9.12. The van der Waals surface area contributed by atoms with E-state index in [1.807, 2.05) is 43.0 Å². The van der Waals surface area contributed by atoms with E-state index in [0.717, 1.165) is 36.2 Å². The molecule has 9 heteroatoms. The number of anilines is 1. The van der Waals surface area contributed by atoms with Crippen LogP contribution in [0.25, 0.3) is 0 Å². The number of benzene rings is 2. The second kappa shape index (κ2) is 10.1. The van der Waals surface area contributed by atoms with Crippen LogP contribution in [-0.2, 0) is 26.0 Å². The van der Waals surface area contributed by atoms with Crippen LogP contribution in [0.2, 0.25) is 0 Å². The van der Waals surface area contributed by atoms with Crippen LogP contribution in [0.15, 0.2) is 47.4 Å². The van der Waals surface area contributed by atoms with Gasteiger partial charge in [-0.3, -0.25) is 20.4 Å². The molecule has 0 unspecified atom stereocenters. The first kappa shape index (κ1) is 24.2. The average Bonchev–Trinajstić information content (AvgIpc) is 2.84. The number of amides is 2. The fourth-order valence-electron chi connectivity index (χ4n) is 4.60. The van der Waals surface area contributed by atoms with Crippen molar-refractivity contribution >= 4 is 27.5 Å². The van der Waals surface area contributed by atoms with Crippen molar-refractivity contribution in [2.75, 3.05) is 31.1 Å². The summed E-state index contributed by atoms with van der Waals surface area (Å²) in [6.07, 6.45) is 2.81. The summed E-state index contributed by atoms with van der Waals surface area (Å²) in [5, 5.41) is 0. The van der Waals surface area contributed by atoms with Gasteiger partial charge in [0, 0.05) is 31.2 Å². The Morgan fingerprint density at radius 2 is 1.71 bits per heavy atom. The smallest absolute Gasteiger partial charge is 0.257 e. The Morgan fingerprint density at radius 3 is 2.44 bits per heavy atom. The minimum atomic E-state index is -3.59. The number of hydrazine groups is 1. The van der Waals surface area contributed by atoms with Gasteiger partial charge in [0.1, 0.15) is 0 Å². The zero-order valence-electron chi connectivity index (χ0n) is 19.7. The highest BCUT2D eigenvalue weighted by Gasteiger charge is 2.32. The SMILES string of the molecule is Cc1ccc(S(=O)(=O)N2CCC(C(=O)NNC(=O)CN3CCCc4ccccc43)CC2)cc1C. The van der Waals surface area contributed by atoms with Crippen molar-refractivity contribution in [3.8, 4) is 0 Å². The third-order valence-electron chi connectivity index (χ3n) is 6.81. The monoisotopic (exact) mass is 484 g/mol. The number of carbonyl (C=O) groups is 2. The molecule has 0 aliphatic carbocycles. The number of aryl methyl sites for hydroxylation is 3. The largest absolute Gasteiger partial charge is 0.362 e. The molecule has 0 atom stereocenters. The van der Waals surface area contributed by atoms with Gasteiger partial charge in [-0.15, -0.1) is 0 Å². The van der Waals surface area contributed by atoms with Gasteiger partial charge in [-0.05, 0) is 74.4 Å². The van der Waals surface area contributed by atoms with Crippen LogP contribution in [0, 0.1) is 19.8 Å². The summed E-state index contributed by atoms with van der Waals surface area (Å²) < 4.78 is 27.4. The van der Waals surface area contributed by atoms with Gasteiger partial charge in [0.15, 0.2) is 0 Å². The van der Waals surface area contributed by atoms with Crippen LogP contribution < -0.4 is 15.8 Å². The highest BCUT2D eigenvalue weighted by Crippen LogP contribution is 2.27. The fraction of sp³-hybridized carbons (Fsp3) is 0.440. The van der Waals surface area contributed by atoms with E-state index in [-0.39, 0.29) is 42.3 Å². The lowest BCUT2D eigenvalue weighted by molar-refractivity contribution is -0.131. The maximum atomic E-state index is 13.0. The molecule has 1 saturated heterocycles. The minimum absolute atomic E-state index is 0.171. The van der Waals surface area contributed by atoms with Crippen LogP contribution in [0.5, 0.6) is 0 Å². The Balaban J connectivity index is 1.26. The molecule has 2 aromatic carbocycles. The van der Waals surface area contributed by atoms with Gasteiger partial charge in [0.2, 0.25) is 15.9 Å². The normalized spacial score (nSPS) is 17.2. The van der Waals surface area contributed by atoms with E-state index in [1.165, 1.54) is 9.87 Å². The lowest BCUT2D eigenvalue weighted by atomic mass is 9.98.